The molecule has 0 fully saturated rings. The second-order valence-corrected chi connectivity index (χ2v) is 6.42. The molecule has 3 rings (SSSR count). The van der Waals surface area contributed by atoms with Crippen molar-refractivity contribution in [1.82, 2.24) is 9.88 Å². The van der Waals surface area contributed by atoms with Crippen LogP contribution >= 0.6 is 11.3 Å². The molecule has 1 aromatic heterocycles. The number of carbonyl (C=O) groups excluding carboxylic acids is 1. The molecule has 4 nitrogen and oxygen atoms in total. The van der Waals surface area contributed by atoms with E-state index in [0.717, 1.165) is 29.2 Å². The second-order valence-electron chi connectivity index (χ2n) is 5.25. The minimum atomic E-state index is 0.0994. The third-order valence-electron chi connectivity index (χ3n) is 3.63. The zero-order chi connectivity index (χ0) is 14.8. The summed E-state index contributed by atoms with van der Waals surface area (Å²) in [5.41, 5.74) is 3.05. The molecule has 110 valence electrons. The van der Waals surface area contributed by atoms with E-state index in [-0.39, 0.29) is 5.91 Å². The van der Waals surface area contributed by atoms with Crippen LogP contribution in [0.3, 0.4) is 0 Å². The molecule has 0 spiro atoms. The first-order chi connectivity index (χ1) is 10.2. The number of thiazole rings is 1. The Balaban J connectivity index is 1.76. The molecule has 0 N–H and O–H groups in total. The summed E-state index contributed by atoms with van der Waals surface area (Å²) in [6, 6.07) is 7.75. The van der Waals surface area contributed by atoms with Gasteiger partial charge in [-0.2, -0.15) is 0 Å². The van der Waals surface area contributed by atoms with Crippen LogP contribution in [-0.4, -0.2) is 29.4 Å². The Bertz CT molecular complexity index is 649. The van der Waals surface area contributed by atoms with Crippen molar-refractivity contribution < 1.29 is 9.53 Å². The minimum Gasteiger partial charge on any atom is -0.378 e. The maximum atomic E-state index is 12.5. The summed E-state index contributed by atoms with van der Waals surface area (Å²) in [4.78, 5) is 20.2. The van der Waals surface area contributed by atoms with Crippen molar-refractivity contribution in [2.75, 3.05) is 13.7 Å². The summed E-state index contributed by atoms with van der Waals surface area (Å²) >= 11 is 1.65. The van der Waals surface area contributed by atoms with Gasteiger partial charge < -0.3 is 9.64 Å². The molecule has 1 aliphatic rings. The van der Waals surface area contributed by atoms with Crippen LogP contribution < -0.4 is 0 Å². The zero-order valence-corrected chi connectivity index (χ0v) is 13.1. The lowest BCUT2D eigenvalue weighted by molar-refractivity contribution is 0.0736. The number of amides is 1. The van der Waals surface area contributed by atoms with Crippen LogP contribution in [0.2, 0.25) is 0 Å². The lowest BCUT2D eigenvalue weighted by Crippen LogP contribution is -2.35. The molecule has 21 heavy (non-hydrogen) atoms. The van der Waals surface area contributed by atoms with Crippen LogP contribution in [0.25, 0.3) is 0 Å². The van der Waals surface area contributed by atoms with E-state index in [0.29, 0.717) is 13.2 Å². The van der Waals surface area contributed by atoms with Gasteiger partial charge in [-0.15, -0.1) is 11.3 Å². The number of fused-ring (bicyclic) bond motifs is 1. The Kier molecular flexibility index (Phi) is 4.03. The third-order valence-corrected chi connectivity index (χ3v) is 4.68. The fraction of sp³-hybridized carbons (Fsp3) is 0.375. The predicted molar refractivity (Wildman–Crippen MR) is 82.5 cm³/mol. The highest BCUT2D eigenvalue weighted by Crippen LogP contribution is 2.26. The van der Waals surface area contributed by atoms with Crippen LogP contribution in [0, 0.1) is 6.92 Å². The molecule has 0 aliphatic carbocycles. The normalized spacial score (nSPS) is 14.1. The largest absolute Gasteiger partial charge is 0.378 e. The molecule has 0 saturated carbocycles. The summed E-state index contributed by atoms with van der Waals surface area (Å²) < 4.78 is 5.13. The highest BCUT2D eigenvalue weighted by atomic mass is 32.1. The van der Waals surface area contributed by atoms with E-state index in [4.69, 9.17) is 4.74 Å². The van der Waals surface area contributed by atoms with Crippen molar-refractivity contribution in [2.24, 2.45) is 0 Å². The van der Waals surface area contributed by atoms with Gasteiger partial charge >= 0.3 is 0 Å². The van der Waals surface area contributed by atoms with Gasteiger partial charge in [0, 0.05) is 30.5 Å². The number of aryl methyl sites for hydroxylation is 1. The molecular weight excluding hydrogens is 284 g/mol. The van der Waals surface area contributed by atoms with Crippen LogP contribution in [0.15, 0.2) is 24.3 Å². The average Bonchev–Trinajstić information content (AvgIpc) is 2.89. The van der Waals surface area contributed by atoms with E-state index >= 15 is 0 Å². The smallest absolute Gasteiger partial charge is 0.254 e. The zero-order valence-electron chi connectivity index (χ0n) is 12.3. The first-order valence-electron chi connectivity index (χ1n) is 6.99. The number of benzene rings is 1. The number of aromatic nitrogens is 1. The number of methoxy groups -OCH3 is 1. The molecule has 1 amide bonds. The maximum Gasteiger partial charge on any atom is 0.254 e. The van der Waals surface area contributed by atoms with Gasteiger partial charge in [0.1, 0.15) is 5.01 Å². The monoisotopic (exact) mass is 302 g/mol. The van der Waals surface area contributed by atoms with E-state index < -0.39 is 0 Å². The van der Waals surface area contributed by atoms with Gasteiger partial charge in [-0.05, 0) is 19.1 Å². The molecular formula is C16H18N2O2S. The molecule has 1 aromatic carbocycles. The van der Waals surface area contributed by atoms with Gasteiger partial charge in [0.2, 0.25) is 0 Å². The van der Waals surface area contributed by atoms with Gasteiger partial charge in [-0.1, -0.05) is 17.7 Å². The molecule has 2 aromatic rings. The summed E-state index contributed by atoms with van der Waals surface area (Å²) in [5.74, 6) is 0.0994. The summed E-state index contributed by atoms with van der Waals surface area (Å²) in [6.07, 6.45) is 0.827. The van der Waals surface area contributed by atoms with E-state index in [1.807, 2.05) is 36.1 Å². The molecule has 0 saturated heterocycles. The summed E-state index contributed by atoms with van der Waals surface area (Å²) in [7, 11) is 1.67. The van der Waals surface area contributed by atoms with Gasteiger partial charge in [-0.25, -0.2) is 4.98 Å². The number of ether oxygens (including phenoxy) is 1. The van der Waals surface area contributed by atoms with Crippen LogP contribution in [0.4, 0.5) is 0 Å². The average molecular weight is 302 g/mol. The van der Waals surface area contributed by atoms with E-state index in [1.54, 1.807) is 18.4 Å². The summed E-state index contributed by atoms with van der Waals surface area (Å²) in [6.45, 7) is 3.96. The van der Waals surface area contributed by atoms with Crippen LogP contribution in [-0.2, 0) is 24.3 Å². The van der Waals surface area contributed by atoms with Gasteiger partial charge in [0.15, 0.2) is 0 Å². The molecule has 0 radical (unpaired) electrons. The van der Waals surface area contributed by atoms with E-state index in [2.05, 4.69) is 4.98 Å². The molecule has 0 unspecified atom stereocenters. The number of rotatable bonds is 3. The van der Waals surface area contributed by atoms with Gasteiger partial charge in [-0.3, -0.25) is 4.79 Å². The van der Waals surface area contributed by atoms with Crippen molar-refractivity contribution in [3.05, 3.63) is 51.0 Å². The SMILES string of the molecule is COCc1nc2c(s1)CN(C(=O)c1ccc(C)cc1)CC2. The third kappa shape index (κ3) is 2.99. The fourth-order valence-corrected chi connectivity index (χ4v) is 3.59. The quantitative estimate of drug-likeness (QED) is 0.875. The Morgan fingerprint density at radius 2 is 2.14 bits per heavy atom. The Morgan fingerprint density at radius 1 is 1.38 bits per heavy atom. The van der Waals surface area contributed by atoms with Crippen molar-refractivity contribution in [3.8, 4) is 0 Å². The minimum absolute atomic E-state index is 0.0994. The van der Waals surface area contributed by atoms with Crippen molar-refractivity contribution >= 4 is 17.2 Å². The first-order valence-corrected chi connectivity index (χ1v) is 7.81. The Hall–Kier alpha value is -1.72. The van der Waals surface area contributed by atoms with Crippen molar-refractivity contribution in [2.45, 2.75) is 26.5 Å². The summed E-state index contributed by atoms with van der Waals surface area (Å²) in [5, 5.41) is 0.993. The van der Waals surface area contributed by atoms with E-state index in [9.17, 15) is 4.79 Å². The number of nitrogens with zero attached hydrogens (tertiary/aromatic N) is 2. The Morgan fingerprint density at radius 3 is 2.86 bits per heavy atom. The molecule has 5 heteroatoms. The Labute approximate surface area is 128 Å². The van der Waals surface area contributed by atoms with E-state index in [1.165, 1.54) is 10.4 Å². The van der Waals surface area contributed by atoms with Crippen LogP contribution in [0.1, 0.15) is 31.5 Å². The van der Waals surface area contributed by atoms with Gasteiger partial charge in [0.25, 0.3) is 5.91 Å². The molecule has 0 bridgehead atoms. The number of hydrogen-bond acceptors (Lipinski definition) is 4. The topological polar surface area (TPSA) is 42.4 Å². The van der Waals surface area contributed by atoms with Gasteiger partial charge in [0.05, 0.1) is 18.8 Å². The first kappa shape index (κ1) is 14.2. The highest BCUT2D eigenvalue weighted by Gasteiger charge is 2.24. The molecule has 1 aliphatic heterocycles. The second kappa shape index (κ2) is 5.95. The standard InChI is InChI=1S/C16H18N2O2S/c1-11-3-5-12(6-4-11)16(19)18-8-7-13-14(9-18)21-15(17-13)10-20-2/h3-6H,7-10H2,1-2H3. The van der Waals surface area contributed by atoms with Crippen molar-refractivity contribution in [3.63, 3.8) is 0 Å². The highest BCUT2D eigenvalue weighted by molar-refractivity contribution is 7.11. The van der Waals surface area contributed by atoms with Crippen molar-refractivity contribution in [1.29, 1.82) is 0 Å². The lowest BCUT2D eigenvalue weighted by atomic mass is 10.1. The molecule has 2 heterocycles. The molecule has 0 atom stereocenters. The number of hydrogen-bond donors (Lipinski definition) is 0. The maximum absolute atomic E-state index is 12.5. The number of carbonyl (C=O) groups is 1. The van der Waals surface area contributed by atoms with Crippen LogP contribution in [0.5, 0.6) is 0 Å². The predicted octanol–water partition coefficient (Wildman–Crippen LogP) is 2.80. The fourth-order valence-electron chi connectivity index (χ4n) is 2.49. The lowest BCUT2D eigenvalue weighted by Gasteiger charge is -2.26.